The predicted molar refractivity (Wildman–Crippen MR) is 111 cm³/mol. The molecule has 1 aromatic heterocycles. The van der Waals surface area contributed by atoms with Crippen LogP contribution in [0.3, 0.4) is 0 Å². The maximum atomic E-state index is 12.6. The minimum atomic E-state index is 0.0445. The third kappa shape index (κ3) is 3.87. The van der Waals surface area contributed by atoms with Gasteiger partial charge in [-0.05, 0) is 55.3 Å². The Kier molecular flexibility index (Phi) is 5.30. The predicted octanol–water partition coefficient (Wildman–Crippen LogP) is 4.28. The Morgan fingerprint density at radius 2 is 1.96 bits per heavy atom. The second-order valence-corrected chi connectivity index (χ2v) is 7.77. The van der Waals surface area contributed by atoms with Crippen molar-refractivity contribution >= 4 is 29.1 Å². The molecule has 5 nitrogen and oxygen atoms in total. The zero-order valence-corrected chi connectivity index (χ0v) is 16.5. The summed E-state index contributed by atoms with van der Waals surface area (Å²) in [5, 5.41) is 0.790. The fourth-order valence-electron chi connectivity index (χ4n) is 3.33. The SMILES string of the molecule is Cc1cccc(-n2ccnc2SCC(=O)c2ccc(N3CCCC3=O)cc2)c1. The highest BCUT2D eigenvalue weighted by Gasteiger charge is 2.21. The van der Waals surface area contributed by atoms with E-state index in [9.17, 15) is 9.59 Å². The highest BCUT2D eigenvalue weighted by Crippen LogP contribution is 2.24. The van der Waals surface area contributed by atoms with E-state index in [-0.39, 0.29) is 11.7 Å². The molecule has 3 aromatic rings. The number of aryl methyl sites for hydroxylation is 1. The average molecular weight is 391 g/mol. The number of imidazole rings is 1. The molecule has 1 amide bonds. The Morgan fingerprint density at radius 1 is 1.14 bits per heavy atom. The van der Waals surface area contributed by atoms with Gasteiger partial charge in [-0.3, -0.25) is 14.2 Å². The van der Waals surface area contributed by atoms with Gasteiger partial charge < -0.3 is 4.90 Å². The molecule has 1 saturated heterocycles. The number of ketones is 1. The third-order valence-electron chi connectivity index (χ3n) is 4.79. The van der Waals surface area contributed by atoms with Crippen LogP contribution in [0, 0.1) is 6.92 Å². The van der Waals surface area contributed by atoms with E-state index in [0.29, 0.717) is 17.7 Å². The van der Waals surface area contributed by atoms with Crippen molar-refractivity contribution in [3.8, 4) is 5.69 Å². The van der Waals surface area contributed by atoms with Crippen LogP contribution in [0.2, 0.25) is 0 Å². The molecule has 0 atom stereocenters. The van der Waals surface area contributed by atoms with Gasteiger partial charge in [0.25, 0.3) is 0 Å². The van der Waals surface area contributed by atoms with Crippen LogP contribution in [-0.4, -0.2) is 33.5 Å². The second-order valence-electron chi connectivity index (χ2n) is 6.83. The van der Waals surface area contributed by atoms with E-state index in [0.717, 1.165) is 29.5 Å². The van der Waals surface area contributed by atoms with E-state index in [1.807, 2.05) is 35.0 Å². The minimum absolute atomic E-state index is 0.0445. The van der Waals surface area contributed by atoms with Crippen molar-refractivity contribution in [3.63, 3.8) is 0 Å². The maximum absolute atomic E-state index is 12.6. The van der Waals surface area contributed by atoms with E-state index in [1.165, 1.54) is 17.3 Å². The molecular formula is C22H21N3O2S. The van der Waals surface area contributed by atoms with Gasteiger partial charge in [-0.2, -0.15) is 0 Å². The van der Waals surface area contributed by atoms with Crippen molar-refractivity contribution in [2.75, 3.05) is 17.2 Å². The molecule has 0 radical (unpaired) electrons. The Balaban J connectivity index is 1.43. The van der Waals surface area contributed by atoms with Gasteiger partial charge in [-0.25, -0.2) is 4.98 Å². The molecular weight excluding hydrogens is 370 g/mol. The number of Topliss-reactive ketones (excluding diaryl/α,β-unsaturated/α-hetero) is 1. The molecule has 142 valence electrons. The molecule has 0 saturated carbocycles. The first-order chi connectivity index (χ1) is 13.6. The number of hydrogen-bond acceptors (Lipinski definition) is 4. The van der Waals surface area contributed by atoms with Crippen molar-refractivity contribution in [2.45, 2.75) is 24.9 Å². The Hall–Kier alpha value is -2.86. The lowest BCUT2D eigenvalue weighted by Crippen LogP contribution is -2.23. The van der Waals surface area contributed by atoms with E-state index >= 15 is 0 Å². The number of nitrogens with zero attached hydrogens (tertiary/aromatic N) is 3. The Morgan fingerprint density at radius 3 is 2.68 bits per heavy atom. The molecule has 6 heteroatoms. The topological polar surface area (TPSA) is 55.2 Å². The summed E-state index contributed by atoms with van der Waals surface area (Å²) in [6, 6.07) is 15.5. The van der Waals surface area contributed by atoms with Gasteiger partial charge in [0.2, 0.25) is 5.91 Å². The number of rotatable bonds is 6. The Labute approximate surface area is 168 Å². The van der Waals surface area contributed by atoms with E-state index in [4.69, 9.17) is 0 Å². The van der Waals surface area contributed by atoms with Gasteiger partial charge in [-0.15, -0.1) is 0 Å². The molecule has 2 aromatic carbocycles. The molecule has 0 N–H and O–H groups in total. The zero-order chi connectivity index (χ0) is 19.5. The number of carbonyl (C=O) groups excluding carboxylic acids is 2. The van der Waals surface area contributed by atoms with Gasteiger partial charge in [0.05, 0.1) is 5.75 Å². The van der Waals surface area contributed by atoms with Crippen molar-refractivity contribution in [1.82, 2.24) is 9.55 Å². The van der Waals surface area contributed by atoms with Crippen molar-refractivity contribution < 1.29 is 9.59 Å². The quantitative estimate of drug-likeness (QED) is 0.465. The van der Waals surface area contributed by atoms with Gasteiger partial charge in [0.15, 0.2) is 10.9 Å². The van der Waals surface area contributed by atoms with Gasteiger partial charge >= 0.3 is 0 Å². The van der Waals surface area contributed by atoms with Crippen LogP contribution in [0.1, 0.15) is 28.8 Å². The fraction of sp³-hybridized carbons (Fsp3) is 0.227. The van der Waals surface area contributed by atoms with Crippen LogP contribution < -0.4 is 4.90 Å². The lowest BCUT2D eigenvalue weighted by molar-refractivity contribution is -0.117. The van der Waals surface area contributed by atoms with E-state index in [2.05, 4.69) is 24.0 Å². The molecule has 28 heavy (non-hydrogen) atoms. The largest absolute Gasteiger partial charge is 0.312 e. The van der Waals surface area contributed by atoms with E-state index < -0.39 is 0 Å². The van der Waals surface area contributed by atoms with E-state index in [1.54, 1.807) is 23.2 Å². The van der Waals surface area contributed by atoms with Crippen LogP contribution in [0.4, 0.5) is 5.69 Å². The van der Waals surface area contributed by atoms with Crippen molar-refractivity contribution in [3.05, 3.63) is 72.1 Å². The van der Waals surface area contributed by atoms with Gasteiger partial charge in [0, 0.05) is 42.3 Å². The number of aromatic nitrogens is 2. The van der Waals surface area contributed by atoms with Crippen LogP contribution in [0.5, 0.6) is 0 Å². The highest BCUT2D eigenvalue weighted by atomic mass is 32.2. The summed E-state index contributed by atoms with van der Waals surface area (Å²) in [5.74, 6) is 0.505. The van der Waals surface area contributed by atoms with Crippen molar-refractivity contribution in [2.24, 2.45) is 0 Å². The monoisotopic (exact) mass is 391 g/mol. The molecule has 1 aliphatic heterocycles. The second kappa shape index (κ2) is 8.02. The molecule has 0 spiro atoms. The van der Waals surface area contributed by atoms with Gasteiger partial charge in [-0.1, -0.05) is 23.9 Å². The first kappa shape index (κ1) is 18.5. The molecule has 0 aliphatic carbocycles. The zero-order valence-electron chi connectivity index (χ0n) is 15.7. The summed E-state index contributed by atoms with van der Waals surface area (Å²) in [6.45, 7) is 2.81. The lowest BCUT2D eigenvalue weighted by Gasteiger charge is -2.15. The number of anilines is 1. The number of benzene rings is 2. The lowest BCUT2D eigenvalue weighted by atomic mass is 10.1. The fourth-order valence-corrected chi connectivity index (χ4v) is 4.20. The van der Waals surface area contributed by atoms with Crippen molar-refractivity contribution in [1.29, 1.82) is 0 Å². The molecule has 0 unspecified atom stereocenters. The molecule has 2 heterocycles. The summed E-state index contributed by atoms with van der Waals surface area (Å²) in [5.41, 5.74) is 3.72. The first-order valence-corrected chi connectivity index (χ1v) is 10.3. The average Bonchev–Trinajstić information content (AvgIpc) is 3.35. The molecule has 1 fully saturated rings. The number of thioether (sulfide) groups is 1. The standard InChI is InChI=1S/C22H21N3O2S/c1-16-4-2-5-19(14-16)25-13-11-23-22(25)28-15-20(26)17-7-9-18(10-8-17)24-12-3-6-21(24)27/h2,4-5,7-11,13-14H,3,6,12,15H2,1H3. The maximum Gasteiger partial charge on any atom is 0.227 e. The van der Waals surface area contributed by atoms with Crippen LogP contribution in [-0.2, 0) is 4.79 Å². The summed E-state index contributed by atoms with van der Waals surface area (Å²) in [7, 11) is 0. The smallest absolute Gasteiger partial charge is 0.227 e. The van der Waals surface area contributed by atoms with Crippen LogP contribution >= 0.6 is 11.8 Å². The third-order valence-corrected chi connectivity index (χ3v) is 5.76. The van der Waals surface area contributed by atoms with Gasteiger partial charge in [0.1, 0.15) is 0 Å². The number of amides is 1. The molecule has 1 aliphatic rings. The normalized spacial score (nSPS) is 13.9. The number of hydrogen-bond donors (Lipinski definition) is 0. The Bertz CT molecular complexity index is 1010. The number of carbonyl (C=O) groups is 2. The highest BCUT2D eigenvalue weighted by molar-refractivity contribution is 7.99. The van der Waals surface area contributed by atoms with Crippen LogP contribution in [0.15, 0.2) is 66.1 Å². The minimum Gasteiger partial charge on any atom is -0.312 e. The summed E-state index contributed by atoms with van der Waals surface area (Å²) in [4.78, 5) is 30.6. The molecule has 0 bridgehead atoms. The van der Waals surface area contributed by atoms with Crippen LogP contribution in [0.25, 0.3) is 5.69 Å². The summed E-state index contributed by atoms with van der Waals surface area (Å²) < 4.78 is 1.99. The summed E-state index contributed by atoms with van der Waals surface area (Å²) >= 11 is 1.43. The first-order valence-electron chi connectivity index (χ1n) is 9.28. The summed E-state index contributed by atoms with van der Waals surface area (Å²) in [6.07, 6.45) is 5.15. The molecule has 4 rings (SSSR count).